The highest BCUT2D eigenvalue weighted by Crippen LogP contribution is 2.31. The normalized spacial score (nSPS) is 16.3. The molecule has 1 unspecified atom stereocenters. The summed E-state index contributed by atoms with van der Waals surface area (Å²) in [6, 6.07) is 15.1. The maximum absolute atomic E-state index is 13.1. The van der Waals surface area contributed by atoms with Crippen LogP contribution in [0, 0.1) is 5.92 Å². The molecular weight excluding hydrogens is 513 g/mol. The fraction of sp³-hybridized carbons (Fsp3) is 0.259. The number of rotatable bonds is 5. The van der Waals surface area contributed by atoms with Gasteiger partial charge in [0.1, 0.15) is 12.1 Å². The van der Waals surface area contributed by atoms with Gasteiger partial charge < -0.3 is 10.2 Å². The molecule has 4 heterocycles. The first-order chi connectivity index (χ1) is 18.3. The molecule has 0 radical (unpaired) electrons. The first-order valence-corrected chi connectivity index (χ1v) is 13.0. The first-order valence-electron chi connectivity index (χ1n) is 12.2. The molecule has 1 aliphatic heterocycles. The van der Waals surface area contributed by atoms with Crippen LogP contribution < -0.4 is 10.2 Å². The molecule has 0 bridgehead atoms. The highest BCUT2D eigenvalue weighted by molar-refractivity contribution is 7.19. The van der Waals surface area contributed by atoms with E-state index < -0.39 is 11.7 Å². The lowest BCUT2D eigenvalue weighted by Crippen LogP contribution is -2.43. The van der Waals surface area contributed by atoms with E-state index in [4.69, 9.17) is 0 Å². The number of hydrogen-bond donors (Lipinski definition) is 1. The topological polar surface area (TPSA) is 75.9 Å². The number of carbonyl (C=O) groups excluding carboxylic acids is 1. The largest absolute Gasteiger partial charge is 0.416 e. The zero-order chi connectivity index (χ0) is 26.3. The summed E-state index contributed by atoms with van der Waals surface area (Å²) < 4.78 is 41.5. The van der Waals surface area contributed by atoms with Crippen LogP contribution in [0.25, 0.3) is 26.8 Å². The van der Waals surface area contributed by atoms with Crippen LogP contribution in [0.4, 0.5) is 19.0 Å². The monoisotopic (exact) mass is 536 g/mol. The van der Waals surface area contributed by atoms with Crippen LogP contribution >= 0.6 is 11.3 Å². The molecule has 1 amide bonds. The molecule has 6 rings (SSSR count). The van der Waals surface area contributed by atoms with E-state index in [-0.39, 0.29) is 11.8 Å². The van der Waals surface area contributed by atoms with Crippen molar-refractivity contribution in [2.24, 2.45) is 5.92 Å². The Morgan fingerprint density at radius 3 is 2.71 bits per heavy atom. The van der Waals surface area contributed by atoms with Crippen LogP contribution in [-0.4, -0.2) is 38.7 Å². The summed E-state index contributed by atoms with van der Waals surface area (Å²) in [7, 11) is 0. The van der Waals surface area contributed by atoms with Crippen molar-refractivity contribution in [2.45, 2.75) is 25.6 Å². The van der Waals surface area contributed by atoms with E-state index in [1.54, 1.807) is 17.5 Å². The van der Waals surface area contributed by atoms with Gasteiger partial charge in [-0.05, 0) is 54.6 Å². The van der Waals surface area contributed by atoms with Gasteiger partial charge in [-0.15, -0.1) is 16.4 Å². The molecule has 0 aliphatic carbocycles. The standard InChI is InChI=1S/C27H23F3N6OS/c28-27(29,30)19-7-9-20(10-8-19)36-15-22-24(34-36)32-16-33-25(22)35-11-3-5-18(14-35)26(37)31-13-21-12-17-4-1-2-6-23(17)38-21/h1-2,4,6-10,12,15-16,18H,3,5,11,13-14H2,(H,31,37). The predicted molar refractivity (Wildman–Crippen MR) is 140 cm³/mol. The van der Waals surface area contributed by atoms with Gasteiger partial charge >= 0.3 is 6.18 Å². The second-order valence-electron chi connectivity index (χ2n) is 9.31. The minimum atomic E-state index is -4.40. The van der Waals surface area contributed by atoms with E-state index in [0.717, 1.165) is 36.4 Å². The summed E-state index contributed by atoms with van der Waals surface area (Å²) in [5, 5.41) is 9.40. The molecule has 5 aromatic rings. The summed E-state index contributed by atoms with van der Waals surface area (Å²) in [4.78, 5) is 25.0. The molecule has 1 saturated heterocycles. The van der Waals surface area contributed by atoms with Crippen LogP contribution in [0.3, 0.4) is 0 Å². The Labute approximate surface area is 219 Å². The van der Waals surface area contributed by atoms with Crippen molar-refractivity contribution in [3.63, 3.8) is 0 Å². The second kappa shape index (κ2) is 9.71. The maximum atomic E-state index is 13.1. The third-order valence-electron chi connectivity index (χ3n) is 6.76. The van der Waals surface area contributed by atoms with Gasteiger partial charge in [-0.1, -0.05) is 18.2 Å². The first kappa shape index (κ1) is 24.4. The molecule has 3 aromatic heterocycles. The Morgan fingerprint density at radius 2 is 1.92 bits per heavy atom. The van der Waals surface area contributed by atoms with Gasteiger partial charge in [0.05, 0.1) is 29.1 Å². The van der Waals surface area contributed by atoms with Crippen LogP contribution in [0.15, 0.2) is 67.1 Å². The molecule has 1 N–H and O–H groups in total. The molecule has 1 aliphatic rings. The molecule has 1 atom stereocenters. The Balaban J connectivity index is 1.17. The number of alkyl halides is 3. The summed E-state index contributed by atoms with van der Waals surface area (Å²) in [5.74, 6) is 0.487. The van der Waals surface area contributed by atoms with Crippen LogP contribution in [0.1, 0.15) is 23.3 Å². The van der Waals surface area contributed by atoms with Crippen molar-refractivity contribution >= 4 is 44.2 Å². The predicted octanol–water partition coefficient (Wildman–Crippen LogP) is 5.58. The SMILES string of the molecule is O=C(NCc1cc2ccccc2s1)C1CCCN(c2ncnc3nn(-c4ccc(C(F)(F)F)cc4)cc23)C1. The third kappa shape index (κ3) is 4.81. The molecule has 11 heteroatoms. The highest BCUT2D eigenvalue weighted by atomic mass is 32.1. The van der Waals surface area contributed by atoms with Gasteiger partial charge in [0, 0.05) is 28.9 Å². The van der Waals surface area contributed by atoms with Crippen molar-refractivity contribution in [3.05, 3.63) is 77.6 Å². The van der Waals surface area contributed by atoms with Crippen molar-refractivity contribution < 1.29 is 18.0 Å². The number of anilines is 1. The summed E-state index contributed by atoms with van der Waals surface area (Å²) >= 11 is 1.68. The number of hydrogen-bond acceptors (Lipinski definition) is 6. The fourth-order valence-corrected chi connectivity index (χ4v) is 5.84. The molecular formula is C27H23F3N6OS. The number of nitrogens with one attached hydrogen (secondary N) is 1. The van der Waals surface area contributed by atoms with Crippen molar-refractivity contribution in [3.8, 4) is 5.69 Å². The zero-order valence-electron chi connectivity index (χ0n) is 20.2. The number of aromatic nitrogens is 4. The lowest BCUT2D eigenvalue weighted by Gasteiger charge is -2.33. The number of nitrogens with zero attached hydrogens (tertiary/aromatic N) is 5. The molecule has 38 heavy (non-hydrogen) atoms. The van der Waals surface area contributed by atoms with Gasteiger partial charge in [-0.2, -0.15) is 13.2 Å². The van der Waals surface area contributed by atoms with Crippen molar-refractivity contribution in [1.82, 2.24) is 25.1 Å². The van der Waals surface area contributed by atoms with Gasteiger partial charge in [0.25, 0.3) is 0 Å². The average Bonchev–Trinajstić information content (AvgIpc) is 3.55. The van der Waals surface area contributed by atoms with Gasteiger partial charge in [-0.25, -0.2) is 14.6 Å². The second-order valence-corrected chi connectivity index (χ2v) is 10.5. The number of fused-ring (bicyclic) bond motifs is 2. The molecule has 0 saturated carbocycles. The summed E-state index contributed by atoms with van der Waals surface area (Å²) in [6.45, 7) is 1.74. The molecule has 194 valence electrons. The van der Waals surface area contributed by atoms with Crippen LogP contribution in [0.2, 0.25) is 0 Å². The number of halogens is 3. The van der Waals surface area contributed by atoms with E-state index in [1.165, 1.54) is 33.2 Å². The minimum absolute atomic E-state index is 0.0119. The van der Waals surface area contributed by atoms with Crippen LogP contribution in [-0.2, 0) is 17.5 Å². The van der Waals surface area contributed by atoms with Gasteiger partial charge in [0.2, 0.25) is 5.91 Å². The zero-order valence-corrected chi connectivity index (χ0v) is 21.0. The van der Waals surface area contributed by atoms with E-state index in [1.807, 2.05) is 12.1 Å². The van der Waals surface area contributed by atoms with E-state index in [9.17, 15) is 18.0 Å². The van der Waals surface area contributed by atoms with E-state index in [2.05, 4.69) is 43.5 Å². The number of thiophene rings is 1. The quantitative estimate of drug-likeness (QED) is 0.317. The van der Waals surface area contributed by atoms with Crippen molar-refractivity contribution in [1.29, 1.82) is 0 Å². The van der Waals surface area contributed by atoms with Crippen LogP contribution in [0.5, 0.6) is 0 Å². The summed E-state index contributed by atoms with van der Waals surface area (Å²) in [6.07, 6.45) is 0.361. The Morgan fingerprint density at radius 1 is 1.11 bits per heavy atom. The molecule has 1 fully saturated rings. The Bertz CT molecular complexity index is 1580. The summed E-state index contributed by atoms with van der Waals surface area (Å²) in [5.41, 5.74) is 0.203. The minimum Gasteiger partial charge on any atom is -0.355 e. The molecule has 2 aromatic carbocycles. The van der Waals surface area contributed by atoms with Gasteiger partial charge in [0.15, 0.2) is 5.65 Å². The lowest BCUT2D eigenvalue weighted by atomic mass is 9.97. The maximum Gasteiger partial charge on any atom is 0.416 e. The molecule has 0 spiro atoms. The number of amides is 1. The highest BCUT2D eigenvalue weighted by Gasteiger charge is 2.30. The van der Waals surface area contributed by atoms with Crippen molar-refractivity contribution in [2.75, 3.05) is 18.0 Å². The number of carbonyl (C=O) groups is 1. The van der Waals surface area contributed by atoms with Gasteiger partial charge in [-0.3, -0.25) is 4.79 Å². The molecule has 7 nitrogen and oxygen atoms in total. The smallest absolute Gasteiger partial charge is 0.355 e. The Kier molecular flexibility index (Phi) is 6.22. The third-order valence-corrected chi connectivity index (χ3v) is 7.88. The average molecular weight is 537 g/mol. The fourth-order valence-electron chi connectivity index (χ4n) is 4.84. The van der Waals surface area contributed by atoms with E-state index >= 15 is 0 Å². The number of benzene rings is 2. The van der Waals surface area contributed by atoms with E-state index in [0.29, 0.717) is 35.6 Å². The lowest BCUT2D eigenvalue weighted by molar-refractivity contribution is -0.137. The Hall–Kier alpha value is -3.99. The number of piperidine rings is 1.